The Hall–Kier alpha value is -1.35. The number of hydrogen-bond acceptors (Lipinski definition) is 2. The van der Waals surface area contributed by atoms with Gasteiger partial charge in [-0.25, -0.2) is 0 Å². The van der Waals surface area contributed by atoms with Crippen LogP contribution in [0.1, 0.15) is 37.7 Å². The summed E-state index contributed by atoms with van der Waals surface area (Å²) < 4.78 is 0. The van der Waals surface area contributed by atoms with Gasteiger partial charge in [0.15, 0.2) is 0 Å². The van der Waals surface area contributed by atoms with E-state index >= 15 is 0 Å². The number of carboxylic acids is 1. The zero-order valence-electron chi connectivity index (χ0n) is 11.9. The Kier molecular flexibility index (Phi) is 3.79. The summed E-state index contributed by atoms with van der Waals surface area (Å²) in [5.41, 5.74) is 1.37. The molecule has 1 spiro atoms. The van der Waals surface area contributed by atoms with Crippen molar-refractivity contribution in [3.63, 3.8) is 0 Å². The maximum atomic E-state index is 11.5. The van der Waals surface area contributed by atoms with E-state index in [1.807, 2.05) is 6.07 Å². The van der Waals surface area contributed by atoms with Crippen molar-refractivity contribution in [2.75, 3.05) is 13.1 Å². The summed E-state index contributed by atoms with van der Waals surface area (Å²) in [7, 11) is 0. The fraction of sp³-hybridized carbons (Fsp3) is 0.588. The summed E-state index contributed by atoms with van der Waals surface area (Å²) in [5.74, 6) is -0.704. The molecule has 108 valence electrons. The van der Waals surface area contributed by atoms with E-state index in [9.17, 15) is 9.90 Å². The van der Waals surface area contributed by atoms with Crippen LogP contribution in [0.15, 0.2) is 30.3 Å². The lowest BCUT2D eigenvalue weighted by atomic mass is 9.72. The number of rotatable bonds is 3. The van der Waals surface area contributed by atoms with Gasteiger partial charge in [-0.05, 0) is 43.2 Å². The summed E-state index contributed by atoms with van der Waals surface area (Å²) >= 11 is 0. The minimum atomic E-state index is -0.580. The monoisotopic (exact) mass is 273 g/mol. The molecule has 1 aromatic carbocycles. The van der Waals surface area contributed by atoms with Gasteiger partial charge in [0.1, 0.15) is 0 Å². The molecule has 1 N–H and O–H groups in total. The van der Waals surface area contributed by atoms with Crippen LogP contribution < -0.4 is 0 Å². The van der Waals surface area contributed by atoms with Gasteiger partial charge >= 0.3 is 5.97 Å². The number of carbonyl (C=O) groups is 1. The van der Waals surface area contributed by atoms with Crippen molar-refractivity contribution in [3.8, 4) is 0 Å². The molecule has 1 aliphatic heterocycles. The van der Waals surface area contributed by atoms with E-state index in [-0.39, 0.29) is 11.3 Å². The molecule has 2 atom stereocenters. The number of benzene rings is 1. The Morgan fingerprint density at radius 3 is 2.75 bits per heavy atom. The van der Waals surface area contributed by atoms with Crippen molar-refractivity contribution in [1.82, 2.24) is 4.90 Å². The lowest BCUT2D eigenvalue weighted by molar-refractivity contribution is -0.147. The highest BCUT2D eigenvalue weighted by atomic mass is 16.4. The Labute approximate surface area is 120 Å². The van der Waals surface area contributed by atoms with Crippen LogP contribution in [-0.2, 0) is 11.3 Å². The van der Waals surface area contributed by atoms with Crippen LogP contribution in [0.4, 0.5) is 0 Å². The zero-order valence-corrected chi connectivity index (χ0v) is 11.9. The third kappa shape index (κ3) is 2.59. The molecule has 1 saturated heterocycles. The van der Waals surface area contributed by atoms with Crippen LogP contribution >= 0.6 is 0 Å². The Balaban J connectivity index is 1.71. The van der Waals surface area contributed by atoms with Crippen LogP contribution in [0, 0.1) is 11.3 Å². The van der Waals surface area contributed by atoms with E-state index in [4.69, 9.17) is 0 Å². The molecule has 2 fully saturated rings. The van der Waals surface area contributed by atoms with Gasteiger partial charge in [0.25, 0.3) is 0 Å². The molecule has 2 aliphatic rings. The Morgan fingerprint density at radius 1 is 1.25 bits per heavy atom. The smallest absolute Gasteiger partial charge is 0.307 e. The van der Waals surface area contributed by atoms with Gasteiger partial charge in [0, 0.05) is 13.1 Å². The lowest BCUT2D eigenvalue weighted by Gasteiger charge is -2.43. The van der Waals surface area contributed by atoms with E-state index in [1.54, 1.807) is 0 Å². The maximum absolute atomic E-state index is 11.5. The highest BCUT2D eigenvalue weighted by Gasteiger charge is 2.48. The Bertz CT molecular complexity index is 473. The first-order valence-electron chi connectivity index (χ1n) is 7.69. The standard InChI is InChI=1S/C17H23NO2/c19-16(20)15-8-4-9-17(15)10-5-11-18(13-17)12-14-6-2-1-3-7-14/h1-3,6-7,15H,4-5,8-13H2,(H,19,20)/t15-,17-/m0/s1. The van der Waals surface area contributed by atoms with E-state index < -0.39 is 5.97 Å². The normalized spacial score (nSPS) is 30.7. The summed E-state index contributed by atoms with van der Waals surface area (Å²) in [6.45, 7) is 3.01. The fourth-order valence-electron chi connectivity index (χ4n) is 4.25. The first-order chi connectivity index (χ1) is 9.70. The summed E-state index contributed by atoms with van der Waals surface area (Å²) in [6.07, 6.45) is 5.27. The molecule has 1 saturated carbocycles. The minimum absolute atomic E-state index is 0.0405. The van der Waals surface area contributed by atoms with Crippen molar-refractivity contribution >= 4 is 5.97 Å². The Morgan fingerprint density at radius 2 is 2.00 bits per heavy atom. The second-order valence-corrected chi connectivity index (χ2v) is 6.45. The van der Waals surface area contributed by atoms with Crippen LogP contribution in [0.3, 0.4) is 0 Å². The number of hydrogen-bond donors (Lipinski definition) is 1. The molecule has 1 aromatic rings. The molecular formula is C17H23NO2. The third-order valence-corrected chi connectivity index (χ3v) is 5.14. The second kappa shape index (κ2) is 5.57. The summed E-state index contributed by atoms with van der Waals surface area (Å²) in [5, 5.41) is 9.49. The molecule has 0 bridgehead atoms. The molecule has 3 heteroatoms. The zero-order chi connectivity index (χ0) is 14.0. The van der Waals surface area contributed by atoms with Gasteiger partial charge in [0.05, 0.1) is 5.92 Å². The van der Waals surface area contributed by atoms with Gasteiger partial charge in [-0.1, -0.05) is 36.8 Å². The average molecular weight is 273 g/mol. The van der Waals surface area contributed by atoms with Gasteiger partial charge in [0.2, 0.25) is 0 Å². The van der Waals surface area contributed by atoms with Crippen LogP contribution in [0.25, 0.3) is 0 Å². The molecule has 1 aliphatic carbocycles. The van der Waals surface area contributed by atoms with Crippen molar-refractivity contribution in [2.45, 2.75) is 38.6 Å². The van der Waals surface area contributed by atoms with Crippen LogP contribution in [0.2, 0.25) is 0 Å². The second-order valence-electron chi connectivity index (χ2n) is 6.45. The van der Waals surface area contributed by atoms with E-state index in [1.165, 1.54) is 5.56 Å². The van der Waals surface area contributed by atoms with E-state index in [2.05, 4.69) is 29.2 Å². The average Bonchev–Trinajstić information content (AvgIpc) is 2.83. The predicted octanol–water partition coefficient (Wildman–Crippen LogP) is 3.15. The van der Waals surface area contributed by atoms with Gasteiger partial charge in [-0.3, -0.25) is 9.69 Å². The molecule has 1 heterocycles. The number of piperidine rings is 1. The molecule has 0 amide bonds. The van der Waals surface area contributed by atoms with Gasteiger partial charge < -0.3 is 5.11 Å². The molecule has 0 unspecified atom stereocenters. The lowest BCUT2D eigenvalue weighted by Crippen LogP contribution is -2.46. The first-order valence-corrected chi connectivity index (χ1v) is 7.69. The molecule has 0 radical (unpaired) electrons. The molecule has 3 rings (SSSR count). The van der Waals surface area contributed by atoms with Crippen molar-refractivity contribution in [2.24, 2.45) is 11.3 Å². The van der Waals surface area contributed by atoms with Gasteiger partial charge in [-0.2, -0.15) is 0 Å². The number of nitrogens with zero attached hydrogens (tertiary/aromatic N) is 1. The number of aliphatic carboxylic acids is 1. The quantitative estimate of drug-likeness (QED) is 0.919. The first kappa shape index (κ1) is 13.6. The maximum Gasteiger partial charge on any atom is 0.307 e. The molecule has 20 heavy (non-hydrogen) atoms. The minimum Gasteiger partial charge on any atom is -0.481 e. The predicted molar refractivity (Wildman–Crippen MR) is 78.4 cm³/mol. The summed E-state index contributed by atoms with van der Waals surface area (Å²) in [4.78, 5) is 14.0. The highest BCUT2D eigenvalue weighted by molar-refractivity contribution is 5.71. The highest BCUT2D eigenvalue weighted by Crippen LogP contribution is 2.49. The van der Waals surface area contributed by atoms with Crippen molar-refractivity contribution in [3.05, 3.63) is 35.9 Å². The number of likely N-dealkylation sites (tertiary alicyclic amines) is 1. The van der Waals surface area contributed by atoms with E-state index in [0.29, 0.717) is 0 Å². The van der Waals surface area contributed by atoms with E-state index in [0.717, 1.165) is 51.7 Å². The molecule has 0 aromatic heterocycles. The largest absolute Gasteiger partial charge is 0.481 e. The fourth-order valence-corrected chi connectivity index (χ4v) is 4.25. The number of carboxylic acid groups (broad SMARTS) is 1. The van der Waals surface area contributed by atoms with Crippen molar-refractivity contribution < 1.29 is 9.90 Å². The van der Waals surface area contributed by atoms with Crippen LogP contribution in [-0.4, -0.2) is 29.1 Å². The SMILES string of the molecule is O=C(O)[C@@H]1CCC[C@@]12CCCN(Cc1ccccc1)C2. The molecular weight excluding hydrogens is 250 g/mol. The van der Waals surface area contributed by atoms with Crippen molar-refractivity contribution in [1.29, 1.82) is 0 Å². The topological polar surface area (TPSA) is 40.5 Å². The third-order valence-electron chi connectivity index (χ3n) is 5.14. The summed E-state index contributed by atoms with van der Waals surface area (Å²) in [6, 6.07) is 10.5. The van der Waals surface area contributed by atoms with Gasteiger partial charge in [-0.15, -0.1) is 0 Å². The van der Waals surface area contributed by atoms with Crippen LogP contribution in [0.5, 0.6) is 0 Å². The molecule has 3 nitrogen and oxygen atoms in total.